The molecule has 22 heavy (non-hydrogen) atoms. The smallest absolute Gasteiger partial charge is 0.319 e. The Hall–Kier alpha value is -2.30. The van der Waals surface area contributed by atoms with Crippen LogP contribution in [0.3, 0.4) is 0 Å². The van der Waals surface area contributed by atoms with Gasteiger partial charge in [0.2, 0.25) is 0 Å². The van der Waals surface area contributed by atoms with Gasteiger partial charge in [0, 0.05) is 30.2 Å². The number of amides is 2. The van der Waals surface area contributed by atoms with Crippen LogP contribution in [0.25, 0.3) is 0 Å². The van der Waals surface area contributed by atoms with Gasteiger partial charge in [0.05, 0.1) is 6.54 Å². The summed E-state index contributed by atoms with van der Waals surface area (Å²) in [5.41, 5.74) is 1.99. The molecule has 2 aliphatic heterocycles. The molecule has 5 heteroatoms. The number of hydrogen-bond donors (Lipinski definition) is 1. The Morgan fingerprint density at radius 3 is 2.64 bits per heavy atom. The Balaban J connectivity index is 1.45. The van der Waals surface area contributed by atoms with Crippen molar-refractivity contribution in [1.29, 1.82) is 0 Å². The number of urea groups is 1. The molecule has 2 fully saturated rings. The largest absolute Gasteiger partial charge is 0.322 e. The molecule has 0 aliphatic carbocycles. The number of benzene rings is 1. The van der Waals surface area contributed by atoms with Gasteiger partial charge in [0.25, 0.3) is 0 Å². The lowest BCUT2D eigenvalue weighted by molar-refractivity contribution is 0.206. The topological polar surface area (TPSA) is 50.2 Å². The molecule has 1 aromatic carbocycles. The number of rotatable bonds is 3. The zero-order valence-electron chi connectivity index (χ0n) is 12.5. The monoisotopic (exact) mass is 296 g/mol. The van der Waals surface area contributed by atoms with Crippen molar-refractivity contribution in [2.45, 2.75) is 44.3 Å². The second-order valence-electron chi connectivity index (χ2n) is 6.20. The molecule has 114 valence electrons. The van der Waals surface area contributed by atoms with Gasteiger partial charge in [-0.25, -0.2) is 4.79 Å². The summed E-state index contributed by atoms with van der Waals surface area (Å²) in [4.78, 5) is 14.6. The van der Waals surface area contributed by atoms with E-state index in [1.54, 1.807) is 6.20 Å². The molecule has 2 aromatic rings. The molecule has 5 nitrogen and oxygen atoms in total. The van der Waals surface area contributed by atoms with E-state index in [0.29, 0.717) is 18.6 Å². The molecule has 4 rings (SSSR count). The molecular weight excluding hydrogens is 276 g/mol. The van der Waals surface area contributed by atoms with E-state index in [1.165, 1.54) is 0 Å². The minimum Gasteiger partial charge on any atom is -0.319 e. The van der Waals surface area contributed by atoms with Crippen LogP contribution in [0.4, 0.5) is 10.5 Å². The number of nitrogens with one attached hydrogen (secondary N) is 1. The van der Waals surface area contributed by atoms with Gasteiger partial charge >= 0.3 is 6.03 Å². The highest BCUT2D eigenvalue weighted by molar-refractivity contribution is 5.90. The molecule has 1 N–H and O–H groups in total. The lowest BCUT2D eigenvalue weighted by atomic mass is 10.0. The maximum atomic E-state index is 12.5. The average Bonchev–Trinajstić information content (AvgIpc) is 3.24. The van der Waals surface area contributed by atoms with Gasteiger partial charge in [-0.05, 0) is 49.4 Å². The lowest BCUT2D eigenvalue weighted by Gasteiger charge is -2.22. The maximum absolute atomic E-state index is 12.5. The molecule has 0 unspecified atom stereocenters. The van der Waals surface area contributed by atoms with Crippen molar-refractivity contribution >= 4 is 11.7 Å². The molecule has 1 aromatic heterocycles. The third kappa shape index (κ3) is 2.47. The van der Waals surface area contributed by atoms with E-state index in [9.17, 15) is 4.79 Å². The van der Waals surface area contributed by atoms with Gasteiger partial charge in [-0.15, -0.1) is 0 Å². The molecule has 2 amide bonds. The second kappa shape index (κ2) is 5.48. The first-order valence-electron chi connectivity index (χ1n) is 7.95. The van der Waals surface area contributed by atoms with Crippen LogP contribution < -0.4 is 5.32 Å². The summed E-state index contributed by atoms with van der Waals surface area (Å²) in [5.74, 6) is 0. The molecule has 2 saturated heterocycles. The first-order valence-corrected chi connectivity index (χ1v) is 7.95. The van der Waals surface area contributed by atoms with Crippen molar-refractivity contribution in [3.63, 3.8) is 0 Å². The third-order valence-electron chi connectivity index (χ3n) is 4.77. The molecular formula is C17H20N4O. The molecule has 0 spiro atoms. The van der Waals surface area contributed by atoms with E-state index in [1.807, 2.05) is 35.1 Å². The fraction of sp³-hybridized carbons (Fsp3) is 0.412. The summed E-state index contributed by atoms with van der Waals surface area (Å²) in [5, 5.41) is 7.28. The molecule has 2 bridgehead atoms. The van der Waals surface area contributed by atoms with Crippen LogP contribution in [-0.4, -0.2) is 32.8 Å². The normalized spacial score (nSPS) is 23.0. The van der Waals surface area contributed by atoms with Crippen molar-refractivity contribution in [1.82, 2.24) is 14.7 Å². The summed E-state index contributed by atoms with van der Waals surface area (Å²) in [7, 11) is 0. The summed E-state index contributed by atoms with van der Waals surface area (Å²) in [6.45, 7) is 0.714. The fourth-order valence-electron chi connectivity index (χ4n) is 3.76. The Morgan fingerprint density at radius 1 is 1.18 bits per heavy atom. The molecule has 0 atom stereocenters. The summed E-state index contributed by atoms with van der Waals surface area (Å²) >= 11 is 0. The Kier molecular flexibility index (Phi) is 3.33. The standard InChI is InChI=1S/C17H20N4O/c22-17(21-15-5-6-16(21)8-7-15)19-14-4-1-3-13(11-14)12-20-10-2-9-18-20/h1-4,9-11,15-16H,5-8,12H2,(H,19,22). The van der Waals surface area contributed by atoms with Crippen molar-refractivity contribution in [2.75, 3.05) is 5.32 Å². The molecule has 2 aliphatic rings. The minimum atomic E-state index is 0.0567. The number of hydrogen-bond acceptors (Lipinski definition) is 2. The number of carbonyl (C=O) groups is 1. The lowest BCUT2D eigenvalue weighted by Crippen LogP contribution is -2.38. The van der Waals surface area contributed by atoms with Crippen molar-refractivity contribution in [3.05, 3.63) is 48.3 Å². The van der Waals surface area contributed by atoms with Crippen molar-refractivity contribution in [2.24, 2.45) is 0 Å². The maximum Gasteiger partial charge on any atom is 0.322 e. The van der Waals surface area contributed by atoms with Crippen LogP contribution >= 0.6 is 0 Å². The van der Waals surface area contributed by atoms with E-state index in [2.05, 4.69) is 21.4 Å². The van der Waals surface area contributed by atoms with Gasteiger partial charge < -0.3 is 10.2 Å². The SMILES string of the molecule is O=C(Nc1cccc(Cn2cccn2)c1)N1C2CCC1CC2. The number of carbonyl (C=O) groups excluding carboxylic acids is 1. The van der Waals surface area contributed by atoms with E-state index < -0.39 is 0 Å². The molecule has 0 saturated carbocycles. The second-order valence-corrected chi connectivity index (χ2v) is 6.20. The molecule has 3 heterocycles. The van der Waals surface area contributed by atoms with Gasteiger partial charge in [0.1, 0.15) is 0 Å². The zero-order valence-corrected chi connectivity index (χ0v) is 12.5. The zero-order chi connectivity index (χ0) is 14.9. The van der Waals surface area contributed by atoms with E-state index in [4.69, 9.17) is 0 Å². The first-order chi connectivity index (χ1) is 10.8. The van der Waals surface area contributed by atoms with E-state index in [0.717, 1.165) is 36.9 Å². The highest BCUT2D eigenvalue weighted by Gasteiger charge is 2.42. The van der Waals surface area contributed by atoms with Gasteiger partial charge in [-0.2, -0.15) is 5.10 Å². The summed E-state index contributed by atoms with van der Waals surface area (Å²) in [6, 6.07) is 10.9. The van der Waals surface area contributed by atoms with Gasteiger partial charge in [-0.1, -0.05) is 12.1 Å². The third-order valence-corrected chi connectivity index (χ3v) is 4.77. The van der Waals surface area contributed by atoms with Crippen LogP contribution in [-0.2, 0) is 6.54 Å². The minimum absolute atomic E-state index is 0.0567. The van der Waals surface area contributed by atoms with Crippen LogP contribution in [0.1, 0.15) is 31.2 Å². The van der Waals surface area contributed by atoms with Crippen LogP contribution in [0.15, 0.2) is 42.7 Å². The highest BCUT2D eigenvalue weighted by Crippen LogP contribution is 2.37. The first kappa shape index (κ1) is 13.4. The Morgan fingerprint density at radius 2 is 1.95 bits per heavy atom. The van der Waals surface area contributed by atoms with E-state index >= 15 is 0 Å². The fourth-order valence-corrected chi connectivity index (χ4v) is 3.76. The Labute approximate surface area is 129 Å². The van der Waals surface area contributed by atoms with Gasteiger partial charge in [0.15, 0.2) is 0 Å². The quantitative estimate of drug-likeness (QED) is 0.946. The number of aromatic nitrogens is 2. The number of anilines is 1. The number of nitrogens with zero attached hydrogens (tertiary/aromatic N) is 3. The summed E-state index contributed by atoms with van der Waals surface area (Å²) < 4.78 is 1.88. The Bertz CT molecular complexity index is 647. The van der Waals surface area contributed by atoms with Crippen molar-refractivity contribution in [3.8, 4) is 0 Å². The number of fused-ring (bicyclic) bond motifs is 2. The van der Waals surface area contributed by atoms with Crippen molar-refractivity contribution < 1.29 is 4.79 Å². The molecule has 0 radical (unpaired) electrons. The average molecular weight is 296 g/mol. The van der Waals surface area contributed by atoms with Gasteiger partial charge in [-0.3, -0.25) is 4.68 Å². The van der Waals surface area contributed by atoms with Crippen LogP contribution in [0.2, 0.25) is 0 Å². The van der Waals surface area contributed by atoms with Crippen LogP contribution in [0.5, 0.6) is 0 Å². The summed E-state index contributed by atoms with van der Waals surface area (Å²) in [6.07, 6.45) is 8.37. The predicted octanol–water partition coefficient (Wildman–Crippen LogP) is 3.09. The van der Waals surface area contributed by atoms with E-state index in [-0.39, 0.29) is 6.03 Å². The predicted molar refractivity (Wildman–Crippen MR) is 84.7 cm³/mol. The van der Waals surface area contributed by atoms with Crippen LogP contribution in [0, 0.1) is 0 Å². The highest BCUT2D eigenvalue weighted by atomic mass is 16.2.